The molecule has 1 aromatic rings. The second kappa shape index (κ2) is 12.3. The molecule has 1 aromatic carbocycles. The molecule has 0 spiro atoms. The van der Waals surface area contributed by atoms with E-state index in [-0.39, 0.29) is 11.4 Å². The lowest BCUT2D eigenvalue weighted by atomic mass is 9.69. The van der Waals surface area contributed by atoms with Gasteiger partial charge in [-0.1, -0.05) is 25.3 Å². The topological polar surface area (TPSA) is 81.2 Å². The van der Waals surface area contributed by atoms with Crippen LogP contribution in [0.15, 0.2) is 23.2 Å². The van der Waals surface area contributed by atoms with Gasteiger partial charge in [0.25, 0.3) is 0 Å². The molecule has 0 aromatic heterocycles. The Morgan fingerprint density at radius 3 is 2.40 bits per heavy atom. The van der Waals surface area contributed by atoms with Crippen molar-refractivity contribution in [2.75, 3.05) is 41.5 Å². The summed E-state index contributed by atoms with van der Waals surface area (Å²) in [5.74, 6) is 2.16. The predicted octanol–water partition coefficient (Wildman–Crippen LogP) is 3.41. The summed E-state index contributed by atoms with van der Waals surface area (Å²) in [6.07, 6.45) is 8.11. The molecule has 7 heteroatoms. The molecule has 1 fully saturated rings. The van der Waals surface area contributed by atoms with Crippen molar-refractivity contribution < 1.29 is 19.0 Å². The number of methoxy groups -OCH3 is 3. The third-order valence-electron chi connectivity index (χ3n) is 5.95. The van der Waals surface area contributed by atoms with Gasteiger partial charge in [-0.05, 0) is 43.4 Å². The van der Waals surface area contributed by atoms with E-state index >= 15 is 0 Å². The van der Waals surface area contributed by atoms with Crippen LogP contribution >= 0.6 is 0 Å². The number of benzene rings is 1. The fourth-order valence-electron chi connectivity index (χ4n) is 4.14. The maximum absolute atomic E-state index is 11.2. The highest BCUT2D eigenvalue weighted by atomic mass is 16.5. The molecule has 1 saturated carbocycles. The van der Waals surface area contributed by atoms with E-state index in [0.29, 0.717) is 6.42 Å². The molecule has 0 heterocycles. The minimum atomic E-state index is -0.160. The summed E-state index contributed by atoms with van der Waals surface area (Å²) >= 11 is 0. The average molecular weight is 420 g/mol. The number of nitrogens with zero attached hydrogens (tertiary/aromatic N) is 1. The van der Waals surface area contributed by atoms with Crippen molar-refractivity contribution in [3.05, 3.63) is 23.8 Å². The number of rotatable bonds is 10. The van der Waals surface area contributed by atoms with Gasteiger partial charge in [-0.3, -0.25) is 9.79 Å². The van der Waals surface area contributed by atoms with Crippen molar-refractivity contribution in [1.82, 2.24) is 10.6 Å². The second-order valence-electron chi connectivity index (χ2n) is 7.80. The van der Waals surface area contributed by atoms with Gasteiger partial charge in [0, 0.05) is 32.0 Å². The zero-order chi connectivity index (χ0) is 21.8. The summed E-state index contributed by atoms with van der Waals surface area (Å²) in [5.41, 5.74) is 1.32. The highest BCUT2D eigenvalue weighted by molar-refractivity contribution is 5.79. The number of esters is 1. The lowest BCUT2D eigenvalue weighted by Gasteiger charge is -2.38. The first-order chi connectivity index (χ1) is 14.6. The Kier molecular flexibility index (Phi) is 9.77. The van der Waals surface area contributed by atoms with Crippen LogP contribution in [0.4, 0.5) is 0 Å². The Labute approximate surface area is 180 Å². The Morgan fingerprint density at radius 1 is 1.03 bits per heavy atom. The smallest absolute Gasteiger partial charge is 0.305 e. The van der Waals surface area contributed by atoms with E-state index in [2.05, 4.69) is 32.5 Å². The number of nitrogens with one attached hydrogen (secondary N) is 2. The molecule has 2 N–H and O–H groups in total. The Balaban J connectivity index is 1.99. The number of carbonyl (C=O) groups excluding carboxylic acids is 1. The Morgan fingerprint density at radius 2 is 1.77 bits per heavy atom. The Hall–Kier alpha value is -2.44. The van der Waals surface area contributed by atoms with Crippen molar-refractivity contribution in [3.63, 3.8) is 0 Å². The molecule has 1 aliphatic rings. The Bertz CT molecular complexity index is 700. The molecule has 1 aliphatic carbocycles. The number of aliphatic imine (C=N–C) groups is 1. The van der Waals surface area contributed by atoms with E-state index < -0.39 is 0 Å². The van der Waals surface area contributed by atoms with Crippen LogP contribution in [0.2, 0.25) is 0 Å². The van der Waals surface area contributed by atoms with E-state index in [1.165, 1.54) is 31.9 Å². The lowest BCUT2D eigenvalue weighted by molar-refractivity contribution is -0.140. The van der Waals surface area contributed by atoms with E-state index in [0.717, 1.165) is 56.2 Å². The molecule has 0 aliphatic heterocycles. The normalized spacial score (nSPS) is 15.9. The van der Waals surface area contributed by atoms with Gasteiger partial charge in [-0.2, -0.15) is 0 Å². The first kappa shape index (κ1) is 23.8. The summed E-state index contributed by atoms with van der Waals surface area (Å²) < 4.78 is 15.6. The molecule has 7 nitrogen and oxygen atoms in total. The van der Waals surface area contributed by atoms with E-state index in [1.54, 1.807) is 21.3 Å². The van der Waals surface area contributed by atoms with Crippen LogP contribution in [-0.4, -0.2) is 53.4 Å². The van der Waals surface area contributed by atoms with Crippen LogP contribution in [0.3, 0.4) is 0 Å². The molecule has 2 rings (SSSR count). The monoisotopic (exact) mass is 419 g/mol. The third kappa shape index (κ3) is 6.54. The van der Waals surface area contributed by atoms with Gasteiger partial charge in [0.1, 0.15) is 0 Å². The quantitative estimate of drug-likeness (QED) is 0.262. The molecule has 168 valence electrons. The highest BCUT2D eigenvalue weighted by Gasteiger charge is 2.34. The number of unbranched alkanes of at least 4 members (excludes halogenated alkanes) is 1. The summed E-state index contributed by atoms with van der Waals surface area (Å²) in [6, 6.07) is 6.28. The molecule has 0 saturated heterocycles. The highest BCUT2D eigenvalue weighted by Crippen LogP contribution is 2.42. The number of guanidine groups is 1. The van der Waals surface area contributed by atoms with Crippen molar-refractivity contribution in [2.24, 2.45) is 4.99 Å². The summed E-state index contributed by atoms with van der Waals surface area (Å²) in [5, 5.41) is 6.88. The molecule has 0 atom stereocenters. The molecule has 0 bridgehead atoms. The van der Waals surface area contributed by atoms with Crippen molar-refractivity contribution in [1.29, 1.82) is 0 Å². The molecular formula is C23H37N3O4. The van der Waals surface area contributed by atoms with E-state index in [1.807, 2.05) is 6.07 Å². The maximum Gasteiger partial charge on any atom is 0.305 e. The average Bonchev–Trinajstić information content (AvgIpc) is 2.80. The van der Waals surface area contributed by atoms with Crippen LogP contribution in [0.5, 0.6) is 11.5 Å². The van der Waals surface area contributed by atoms with Gasteiger partial charge in [-0.15, -0.1) is 0 Å². The number of hydrogen-bond acceptors (Lipinski definition) is 5. The van der Waals surface area contributed by atoms with Gasteiger partial charge in [-0.25, -0.2) is 0 Å². The minimum Gasteiger partial charge on any atom is -0.493 e. The third-order valence-corrected chi connectivity index (χ3v) is 5.95. The zero-order valence-electron chi connectivity index (χ0n) is 18.9. The van der Waals surface area contributed by atoms with Crippen molar-refractivity contribution >= 4 is 11.9 Å². The summed E-state index contributed by atoms with van der Waals surface area (Å²) in [4.78, 5) is 15.6. The van der Waals surface area contributed by atoms with Crippen molar-refractivity contribution in [2.45, 2.75) is 56.8 Å². The molecule has 0 radical (unpaired) electrons. The first-order valence-corrected chi connectivity index (χ1v) is 10.8. The van der Waals surface area contributed by atoms with Gasteiger partial charge >= 0.3 is 5.97 Å². The van der Waals surface area contributed by atoms with Gasteiger partial charge in [0.2, 0.25) is 0 Å². The van der Waals surface area contributed by atoms with Crippen molar-refractivity contribution in [3.8, 4) is 11.5 Å². The maximum atomic E-state index is 11.2. The van der Waals surface area contributed by atoms with Crippen LogP contribution in [0.1, 0.15) is 56.9 Å². The van der Waals surface area contributed by atoms with E-state index in [9.17, 15) is 4.79 Å². The molecule has 0 unspecified atom stereocenters. The molecular weight excluding hydrogens is 382 g/mol. The zero-order valence-corrected chi connectivity index (χ0v) is 18.9. The predicted molar refractivity (Wildman–Crippen MR) is 120 cm³/mol. The number of hydrogen-bond donors (Lipinski definition) is 2. The fraction of sp³-hybridized carbons (Fsp3) is 0.652. The lowest BCUT2D eigenvalue weighted by Crippen LogP contribution is -2.46. The first-order valence-electron chi connectivity index (χ1n) is 10.8. The van der Waals surface area contributed by atoms with Gasteiger partial charge < -0.3 is 24.8 Å². The largest absolute Gasteiger partial charge is 0.493 e. The van der Waals surface area contributed by atoms with Crippen LogP contribution in [0.25, 0.3) is 0 Å². The second-order valence-corrected chi connectivity index (χ2v) is 7.80. The number of ether oxygens (including phenoxy) is 3. The minimum absolute atomic E-state index is 0.0420. The molecule has 30 heavy (non-hydrogen) atoms. The number of carbonyl (C=O) groups is 1. The van der Waals surface area contributed by atoms with Crippen LogP contribution < -0.4 is 20.1 Å². The standard InChI is InChI=1S/C23H37N3O4/c1-24-22(25-15-9-6-10-21(27)30-4)26-17-23(13-7-5-8-14-23)18-11-12-19(28-2)20(16-18)29-3/h11-12,16H,5-10,13-15,17H2,1-4H3,(H2,24,25,26). The fourth-order valence-corrected chi connectivity index (χ4v) is 4.14. The molecule has 0 amide bonds. The summed E-state index contributed by atoms with van der Waals surface area (Å²) in [7, 11) is 6.55. The van der Waals surface area contributed by atoms with Crippen LogP contribution in [0, 0.1) is 0 Å². The van der Waals surface area contributed by atoms with Gasteiger partial charge in [0.15, 0.2) is 17.5 Å². The SMILES string of the molecule is CN=C(NCCCCC(=O)OC)NCC1(c2ccc(OC)c(OC)c2)CCCCC1. The van der Waals surface area contributed by atoms with Gasteiger partial charge in [0.05, 0.1) is 21.3 Å². The summed E-state index contributed by atoms with van der Waals surface area (Å²) in [6.45, 7) is 1.57. The van der Waals surface area contributed by atoms with E-state index in [4.69, 9.17) is 9.47 Å². The van der Waals surface area contributed by atoms with Crippen LogP contribution in [-0.2, 0) is 14.9 Å².